The Morgan fingerprint density at radius 1 is 1.33 bits per heavy atom. The van der Waals surface area contributed by atoms with Crippen LogP contribution in [-0.4, -0.2) is 34.5 Å². The van der Waals surface area contributed by atoms with Crippen molar-refractivity contribution in [2.24, 2.45) is 0 Å². The van der Waals surface area contributed by atoms with Crippen molar-refractivity contribution in [3.05, 3.63) is 35.9 Å². The zero-order valence-corrected chi connectivity index (χ0v) is 10.2. The number of carbonyl (C=O) groups is 2. The highest BCUT2D eigenvalue weighted by Gasteiger charge is 2.35. The highest BCUT2D eigenvalue weighted by Crippen LogP contribution is 2.19. The highest BCUT2D eigenvalue weighted by molar-refractivity contribution is 5.87. The molecule has 1 heterocycles. The van der Waals surface area contributed by atoms with Crippen molar-refractivity contribution in [1.29, 1.82) is 0 Å². The fraction of sp³-hybridized carbons (Fsp3) is 0.429. The van der Waals surface area contributed by atoms with Gasteiger partial charge in [0.1, 0.15) is 6.04 Å². The van der Waals surface area contributed by atoms with Gasteiger partial charge in [-0.25, -0.2) is 4.79 Å². The van der Waals surface area contributed by atoms with Crippen LogP contribution in [0.3, 0.4) is 0 Å². The number of aliphatic carboxylic acids is 1. The number of carboxylic acid groups (broad SMARTS) is 1. The van der Waals surface area contributed by atoms with Crippen LogP contribution >= 0.6 is 0 Å². The van der Waals surface area contributed by atoms with Crippen molar-refractivity contribution in [1.82, 2.24) is 4.90 Å². The van der Waals surface area contributed by atoms with Crippen LogP contribution in [0.25, 0.3) is 0 Å². The Labute approximate surface area is 106 Å². The number of amides is 1. The van der Waals surface area contributed by atoms with Gasteiger partial charge < -0.3 is 10.0 Å². The van der Waals surface area contributed by atoms with Gasteiger partial charge in [0.25, 0.3) is 0 Å². The van der Waals surface area contributed by atoms with E-state index in [2.05, 4.69) is 0 Å². The Hall–Kier alpha value is -1.84. The van der Waals surface area contributed by atoms with Crippen LogP contribution in [0.1, 0.15) is 24.8 Å². The molecule has 1 aromatic carbocycles. The predicted molar refractivity (Wildman–Crippen MR) is 67.1 cm³/mol. The summed E-state index contributed by atoms with van der Waals surface area (Å²) in [5, 5.41) is 9.02. The molecule has 96 valence electrons. The van der Waals surface area contributed by atoms with E-state index < -0.39 is 12.0 Å². The van der Waals surface area contributed by atoms with E-state index in [0.29, 0.717) is 19.4 Å². The Morgan fingerprint density at radius 2 is 2.06 bits per heavy atom. The van der Waals surface area contributed by atoms with E-state index in [4.69, 9.17) is 5.11 Å². The first-order valence-corrected chi connectivity index (χ1v) is 6.24. The van der Waals surface area contributed by atoms with Gasteiger partial charge in [0.05, 0.1) is 0 Å². The number of nitrogens with zero attached hydrogens (tertiary/aromatic N) is 1. The molecule has 0 saturated carbocycles. The van der Waals surface area contributed by atoms with E-state index in [0.717, 1.165) is 12.8 Å². The van der Waals surface area contributed by atoms with Crippen molar-refractivity contribution in [2.75, 3.05) is 6.54 Å². The first-order valence-electron chi connectivity index (χ1n) is 6.24. The van der Waals surface area contributed by atoms with Gasteiger partial charge in [0, 0.05) is 13.0 Å². The van der Waals surface area contributed by atoms with E-state index >= 15 is 0 Å². The monoisotopic (exact) mass is 247 g/mol. The average molecular weight is 247 g/mol. The predicted octanol–water partition coefficient (Wildman–Crippen LogP) is 1.69. The molecule has 1 saturated heterocycles. The lowest BCUT2D eigenvalue weighted by Gasteiger charge is -2.21. The number of benzene rings is 1. The quantitative estimate of drug-likeness (QED) is 0.861. The maximum absolute atomic E-state index is 11.6. The van der Waals surface area contributed by atoms with E-state index in [9.17, 15) is 9.59 Å². The van der Waals surface area contributed by atoms with Crippen LogP contribution < -0.4 is 0 Å². The Morgan fingerprint density at radius 3 is 2.72 bits per heavy atom. The Kier molecular flexibility index (Phi) is 3.97. The molecular formula is C14H17NO3. The minimum Gasteiger partial charge on any atom is -0.480 e. The molecule has 4 heteroatoms. The lowest BCUT2D eigenvalue weighted by Crippen LogP contribution is -2.39. The van der Waals surface area contributed by atoms with Crippen LogP contribution in [0.4, 0.5) is 0 Å². The van der Waals surface area contributed by atoms with Crippen molar-refractivity contribution >= 4 is 11.9 Å². The Bertz CT molecular complexity index is 430. The van der Waals surface area contributed by atoms with E-state index in [1.165, 1.54) is 10.5 Å². The van der Waals surface area contributed by atoms with Crippen LogP contribution in [0.15, 0.2) is 30.3 Å². The van der Waals surface area contributed by atoms with Crippen molar-refractivity contribution in [3.63, 3.8) is 0 Å². The molecule has 1 amide bonds. The van der Waals surface area contributed by atoms with Crippen molar-refractivity contribution in [2.45, 2.75) is 31.7 Å². The second-order valence-electron chi connectivity index (χ2n) is 4.57. The lowest BCUT2D eigenvalue weighted by molar-refractivity contribution is -0.146. The molecule has 0 aliphatic carbocycles. The molecule has 1 N–H and O–H groups in total. The molecular weight excluding hydrogens is 230 g/mol. The van der Waals surface area contributed by atoms with Gasteiger partial charge in [0.2, 0.25) is 5.91 Å². The maximum atomic E-state index is 11.6. The van der Waals surface area contributed by atoms with Gasteiger partial charge in [-0.2, -0.15) is 0 Å². The molecule has 2 rings (SSSR count). The van der Waals surface area contributed by atoms with Crippen molar-refractivity contribution in [3.8, 4) is 0 Å². The van der Waals surface area contributed by atoms with Crippen LogP contribution in [0.2, 0.25) is 0 Å². The lowest BCUT2D eigenvalue weighted by atomic mass is 10.1. The van der Waals surface area contributed by atoms with Crippen LogP contribution in [-0.2, 0) is 16.0 Å². The maximum Gasteiger partial charge on any atom is 0.326 e. The molecule has 0 spiro atoms. The number of rotatable bonds is 5. The largest absolute Gasteiger partial charge is 0.480 e. The zero-order valence-electron chi connectivity index (χ0n) is 10.2. The number of likely N-dealkylation sites (tertiary alicyclic amines) is 1. The molecule has 0 aromatic heterocycles. The standard InChI is InChI=1S/C14H17NO3/c16-13-9-8-12(14(17)18)15(13)10-4-7-11-5-2-1-3-6-11/h1-3,5-6,12H,4,7-10H2,(H,17,18). The molecule has 0 bridgehead atoms. The number of hydrogen-bond donors (Lipinski definition) is 1. The van der Waals surface area contributed by atoms with Crippen molar-refractivity contribution < 1.29 is 14.7 Å². The SMILES string of the molecule is O=C(O)C1CCC(=O)N1CCCc1ccccc1. The zero-order chi connectivity index (χ0) is 13.0. The van der Waals surface area contributed by atoms with Gasteiger partial charge in [0.15, 0.2) is 0 Å². The van der Waals surface area contributed by atoms with Gasteiger partial charge in [-0.05, 0) is 24.8 Å². The third-order valence-corrected chi connectivity index (χ3v) is 3.32. The molecule has 0 radical (unpaired) electrons. The number of carboxylic acids is 1. The first kappa shape index (κ1) is 12.6. The summed E-state index contributed by atoms with van der Waals surface area (Å²) in [5.41, 5.74) is 1.22. The second-order valence-corrected chi connectivity index (χ2v) is 4.57. The average Bonchev–Trinajstić information content (AvgIpc) is 2.73. The summed E-state index contributed by atoms with van der Waals surface area (Å²) in [4.78, 5) is 24.1. The third kappa shape index (κ3) is 2.88. The minimum atomic E-state index is -0.888. The first-order chi connectivity index (χ1) is 8.68. The highest BCUT2D eigenvalue weighted by atomic mass is 16.4. The Balaban J connectivity index is 1.85. The molecule has 1 atom stereocenters. The molecule has 4 nitrogen and oxygen atoms in total. The summed E-state index contributed by atoms with van der Waals surface area (Å²) in [6.45, 7) is 0.532. The van der Waals surface area contributed by atoms with E-state index in [1.54, 1.807) is 0 Å². The fourth-order valence-corrected chi connectivity index (χ4v) is 2.37. The minimum absolute atomic E-state index is 0.0320. The number of aryl methyl sites for hydroxylation is 1. The molecule has 1 aromatic rings. The molecule has 1 unspecified atom stereocenters. The summed E-state index contributed by atoms with van der Waals surface area (Å²) in [6.07, 6.45) is 2.48. The van der Waals surface area contributed by atoms with Crippen LogP contribution in [0.5, 0.6) is 0 Å². The molecule has 18 heavy (non-hydrogen) atoms. The van der Waals surface area contributed by atoms with Crippen LogP contribution in [0, 0.1) is 0 Å². The van der Waals surface area contributed by atoms with Gasteiger partial charge in [-0.1, -0.05) is 30.3 Å². The summed E-state index contributed by atoms with van der Waals surface area (Å²) in [5.74, 6) is -0.920. The summed E-state index contributed by atoms with van der Waals surface area (Å²) >= 11 is 0. The normalized spacial score (nSPS) is 19.2. The van der Waals surface area contributed by atoms with Gasteiger partial charge in [-0.3, -0.25) is 4.79 Å². The van der Waals surface area contributed by atoms with Gasteiger partial charge >= 0.3 is 5.97 Å². The third-order valence-electron chi connectivity index (χ3n) is 3.32. The van der Waals surface area contributed by atoms with E-state index in [-0.39, 0.29) is 5.91 Å². The summed E-state index contributed by atoms with van der Waals surface area (Å²) in [7, 11) is 0. The summed E-state index contributed by atoms with van der Waals surface area (Å²) < 4.78 is 0. The van der Waals surface area contributed by atoms with Gasteiger partial charge in [-0.15, -0.1) is 0 Å². The fourth-order valence-electron chi connectivity index (χ4n) is 2.37. The second kappa shape index (κ2) is 5.67. The molecule has 1 fully saturated rings. The topological polar surface area (TPSA) is 57.6 Å². The molecule has 1 aliphatic heterocycles. The number of hydrogen-bond acceptors (Lipinski definition) is 2. The smallest absolute Gasteiger partial charge is 0.326 e. The number of carbonyl (C=O) groups excluding carboxylic acids is 1. The molecule has 1 aliphatic rings. The summed E-state index contributed by atoms with van der Waals surface area (Å²) in [6, 6.07) is 9.40. The van der Waals surface area contributed by atoms with E-state index in [1.807, 2.05) is 30.3 Å².